The van der Waals surface area contributed by atoms with Crippen LogP contribution in [-0.4, -0.2) is 22.7 Å². The van der Waals surface area contributed by atoms with Gasteiger partial charge in [-0.25, -0.2) is 4.79 Å². The Morgan fingerprint density at radius 2 is 1.88 bits per heavy atom. The van der Waals surface area contributed by atoms with Crippen molar-refractivity contribution in [1.29, 1.82) is 0 Å². The van der Waals surface area contributed by atoms with Crippen LogP contribution in [0, 0.1) is 12.8 Å². The van der Waals surface area contributed by atoms with Gasteiger partial charge in [0.2, 0.25) is 0 Å². The summed E-state index contributed by atoms with van der Waals surface area (Å²) in [5, 5.41) is 9.69. The molecule has 0 spiro atoms. The van der Waals surface area contributed by atoms with Crippen LogP contribution in [0.4, 0.5) is 13.2 Å². The summed E-state index contributed by atoms with van der Waals surface area (Å²) in [4.78, 5) is 14.0. The summed E-state index contributed by atoms with van der Waals surface area (Å²) in [5.74, 6) is -0.843. The Bertz CT molecular complexity index is 1150. The molecule has 1 aliphatic carbocycles. The van der Waals surface area contributed by atoms with Gasteiger partial charge in [0.15, 0.2) is 6.61 Å². The van der Waals surface area contributed by atoms with E-state index in [4.69, 9.17) is 14.6 Å². The molecule has 8 heteroatoms. The smallest absolute Gasteiger partial charge is 0.420 e. The third kappa shape index (κ3) is 5.43. The zero-order valence-electron chi connectivity index (χ0n) is 18.3. The van der Waals surface area contributed by atoms with Gasteiger partial charge in [0.1, 0.15) is 22.8 Å². The lowest BCUT2D eigenvalue weighted by atomic mass is 9.85. The lowest BCUT2D eigenvalue weighted by Gasteiger charge is -2.21. The molecule has 0 bridgehead atoms. The highest BCUT2D eigenvalue weighted by molar-refractivity contribution is 5.84. The van der Waals surface area contributed by atoms with Gasteiger partial charge < -0.3 is 19.6 Å². The van der Waals surface area contributed by atoms with Crippen LogP contribution in [0.15, 0.2) is 36.5 Å². The van der Waals surface area contributed by atoms with Gasteiger partial charge in [-0.2, -0.15) is 13.2 Å². The lowest BCUT2D eigenvalue weighted by Crippen LogP contribution is -2.12. The fourth-order valence-electron chi connectivity index (χ4n) is 4.53. The van der Waals surface area contributed by atoms with Gasteiger partial charge in [-0.1, -0.05) is 32.1 Å². The average Bonchev–Trinajstić information content (AvgIpc) is 3.15. The number of aromatic nitrogens is 1. The van der Waals surface area contributed by atoms with Gasteiger partial charge in [-0.15, -0.1) is 0 Å². The van der Waals surface area contributed by atoms with E-state index in [-0.39, 0.29) is 17.1 Å². The molecule has 0 atom stereocenters. The second-order valence-corrected chi connectivity index (χ2v) is 8.63. The van der Waals surface area contributed by atoms with Crippen LogP contribution in [0.2, 0.25) is 0 Å². The Hall–Kier alpha value is -3.16. The molecule has 1 fully saturated rings. The number of ether oxygens (including phenoxy) is 2. The molecule has 5 nitrogen and oxygen atoms in total. The number of hydrogen-bond acceptors (Lipinski definition) is 3. The maximum absolute atomic E-state index is 13.8. The van der Waals surface area contributed by atoms with Crippen LogP contribution in [0.5, 0.6) is 17.2 Å². The standard InChI is InChI=1S/C25H26F3NO4/c1-15-9-19(32-14-23(30)31)12-21(25(26,27)28)24(15)33-18-7-8-22-20(11-18)17(13-29-22)10-16-5-3-2-4-6-16/h7-9,11-13,16,29H,2-6,10,14H2,1H3,(H,30,31). The Morgan fingerprint density at radius 1 is 1.12 bits per heavy atom. The molecular weight excluding hydrogens is 435 g/mol. The van der Waals surface area contributed by atoms with E-state index in [0.717, 1.165) is 29.0 Å². The Kier molecular flexibility index (Phi) is 6.54. The minimum absolute atomic E-state index is 0.176. The number of aliphatic carboxylic acids is 1. The van der Waals surface area contributed by atoms with Crippen molar-refractivity contribution in [3.05, 3.63) is 53.2 Å². The Balaban J connectivity index is 1.64. The lowest BCUT2D eigenvalue weighted by molar-refractivity contribution is -0.139. The molecule has 0 radical (unpaired) electrons. The van der Waals surface area contributed by atoms with Gasteiger partial charge in [0.25, 0.3) is 0 Å². The molecule has 2 N–H and O–H groups in total. The predicted octanol–water partition coefficient (Wildman–Crippen LogP) is 6.87. The molecule has 2 aromatic carbocycles. The first-order valence-corrected chi connectivity index (χ1v) is 11.0. The highest BCUT2D eigenvalue weighted by Gasteiger charge is 2.36. The molecule has 1 heterocycles. The van der Waals surface area contributed by atoms with Crippen molar-refractivity contribution in [3.8, 4) is 17.2 Å². The number of carboxylic acids is 1. The van der Waals surface area contributed by atoms with Crippen molar-refractivity contribution in [2.75, 3.05) is 6.61 Å². The first-order valence-electron chi connectivity index (χ1n) is 11.0. The summed E-state index contributed by atoms with van der Waals surface area (Å²) in [6.45, 7) is 0.742. The predicted molar refractivity (Wildman–Crippen MR) is 118 cm³/mol. The van der Waals surface area contributed by atoms with E-state index in [1.165, 1.54) is 45.1 Å². The Labute approximate surface area is 189 Å². The van der Waals surface area contributed by atoms with Crippen molar-refractivity contribution in [2.45, 2.75) is 51.6 Å². The number of carbonyl (C=O) groups is 1. The van der Waals surface area contributed by atoms with Crippen LogP contribution in [0.25, 0.3) is 10.9 Å². The number of aromatic amines is 1. The van der Waals surface area contributed by atoms with Crippen molar-refractivity contribution < 1.29 is 32.5 Å². The monoisotopic (exact) mass is 461 g/mol. The van der Waals surface area contributed by atoms with Crippen molar-refractivity contribution in [1.82, 2.24) is 4.98 Å². The topological polar surface area (TPSA) is 71.6 Å². The van der Waals surface area contributed by atoms with Gasteiger partial charge in [0.05, 0.1) is 0 Å². The Morgan fingerprint density at radius 3 is 2.58 bits per heavy atom. The fourth-order valence-corrected chi connectivity index (χ4v) is 4.53. The second-order valence-electron chi connectivity index (χ2n) is 8.63. The van der Waals surface area contributed by atoms with Crippen LogP contribution < -0.4 is 9.47 Å². The molecule has 0 aliphatic heterocycles. The second kappa shape index (κ2) is 9.37. The summed E-state index contributed by atoms with van der Waals surface area (Å²) in [6.07, 6.45) is 4.38. The third-order valence-electron chi connectivity index (χ3n) is 6.11. The quantitative estimate of drug-likeness (QED) is 0.403. The largest absolute Gasteiger partial charge is 0.482 e. The number of hydrogen-bond donors (Lipinski definition) is 2. The molecule has 176 valence electrons. The van der Waals surface area contributed by atoms with Crippen LogP contribution in [0.3, 0.4) is 0 Å². The first-order chi connectivity index (χ1) is 15.7. The number of benzene rings is 2. The van der Waals surface area contributed by atoms with Gasteiger partial charge in [-0.05, 0) is 60.7 Å². The summed E-state index contributed by atoms with van der Waals surface area (Å²) in [6, 6.07) is 7.34. The molecule has 1 aliphatic rings. The molecule has 1 saturated carbocycles. The summed E-state index contributed by atoms with van der Waals surface area (Å²) < 4.78 is 52.1. The highest BCUT2D eigenvalue weighted by Crippen LogP contribution is 2.43. The number of aryl methyl sites for hydroxylation is 1. The SMILES string of the molecule is Cc1cc(OCC(=O)O)cc(C(F)(F)F)c1Oc1ccc2[nH]cc(CC3CCCCC3)c2c1. The zero-order valence-corrected chi connectivity index (χ0v) is 18.3. The van der Waals surface area contributed by atoms with E-state index < -0.39 is 24.3 Å². The summed E-state index contributed by atoms with van der Waals surface area (Å²) >= 11 is 0. The van der Waals surface area contributed by atoms with Gasteiger partial charge >= 0.3 is 12.1 Å². The van der Waals surface area contributed by atoms with Crippen molar-refractivity contribution >= 4 is 16.9 Å². The molecule has 1 aromatic heterocycles. The minimum Gasteiger partial charge on any atom is -0.482 e. The number of fused-ring (bicyclic) bond motifs is 1. The summed E-state index contributed by atoms with van der Waals surface area (Å²) in [5.41, 5.74) is 1.24. The van der Waals surface area contributed by atoms with E-state index in [1.807, 2.05) is 12.3 Å². The highest BCUT2D eigenvalue weighted by atomic mass is 19.4. The third-order valence-corrected chi connectivity index (χ3v) is 6.11. The van der Waals surface area contributed by atoms with Crippen LogP contribution >= 0.6 is 0 Å². The normalized spacial score (nSPS) is 15.0. The minimum atomic E-state index is -4.70. The molecule has 4 rings (SSSR count). The van der Waals surface area contributed by atoms with E-state index in [0.29, 0.717) is 11.7 Å². The number of carboxylic acid groups (broad SMARTS) is 1. The zero-order chi connectivity index (χ0) is 23.6. The fraction of sp³-hybridized carbons (Fsp3) is 0.400. The van der Waals surface area contributed by atoms with Gasteiger partial charge in [-0.3, -0.25) is 0 Å². The van der Waals surface area contributed by atoms with Crippen molar-refractivity contribution in [2.24, 2.45) is 5.92 Å². The molecule has 0 unspecified atom stereocenters. The number of alkyl halides is 3. The number of nitrogens with one attached hydrogen (secondary N) is 1. The van der Waals surface area contributed by atoms with Crippen LogP contribution in [0.1, 0.15) is 48.8 Å². The maximum Gasteiger partial charge on any atom is 0.420 e. The number of rotatable bonds is 7. The van der Waals surface area contributed by atoms with E-state index in [1.54, 1.807) is 12.1 Å². The van der Waals surface area contributed by atoms with E-state index in [9.17, 15) is 18.0 Å². The maximum atomic E-state index is 13.8. The molecule has 0 amide bonds. The molecule has 3 aromatic rings. The van der Waals surface area contributed by atoms with E-state index >= 15 is 0 Å². The number of H-pyrrole nitrogens is 1. The van der Waals surface area contributed by atoms with Crippen LogP contribution in [-0.2, 0) is 17.4 Å². The molecular formula is C25H26F3NO4. The summed E-state index contributed by atoms with van der Waals surface area (Å²) in [7, 11) is 0. The molecule has 33 heavy (non-hydrogen) atoms. The van der Waals surface area contributed by atoms with E-state index in [2.05, 4.69) is 4.98 Å². The first kappa shape index (κ1) is 23.0. The van der Waals surface area contributed by atoms with Gasteiger partial charge in [0, 0.05) is 17.1 Å². The average molecular weight is 461 g/mol. The number of halogens is 3. The van der Waals surface area contributed by atoms with Crippen molar-refractivity contribution in [3.63, 3.8) is 0 Å². The molecule has 0 saturated heterocycles.